The van der Waals surface area contributed by atoms with Crippen molar-refractivity contribution < 1.29 is 15.0 Å². The molecule has 0 heterocycles. The number of carbonyl (C=O) groups is 1. The molecule has 0 saturated carbocycles. The number of hydrogen-bond donors (Lipinski definition) is 4. The normalized spacial score (nSPS) is 14.1. The van der Waals surface area contributed by atoms with Crippen LogP contribution in [0.2, 0.25) is 0 Å². The second-order valence-electron chi connectivity index (χ2n) is 4.37. The SMILES string of the molecule is CC(=O)c1cc(NCC(C)(O)CO)ccc1N. The highest BCUT2D eigenvalue weighted by atomic mass is 16.3. The fourth-order valence-electron chi connectivity index (χ4n) is 1.32. The topological polar surface area (TPSA) is 95.6 Å². The van der Waals surface area contributed by atoms with Crippen molar-refractivity contribution in [3.05, 3.63) is 23.8 Å². The molecular formula is C12H18N2O3. The van der Waals surface area contributed by atoms with Gasteiger partial charge in [0.05, 0.1) is 6.61 Å². The van der Waals surface area contributed by atoms with Crippen LogP contribution in [0.3, 0.4) is 0 Å². The van der Waals surface area contributed by atoms with Gasteiger partial charge in [-0.1, -0.05) is 0 Å². The van der Waals surface area contributed by atoms with Crippen molar-refractivity contribution in [3.8, 4) is 0 Å². The van der Waals surface area contributed by atoms with E-state index in [1.807, 2.05) is 0 Å². The maximum absolute atomic E-state index is 11.3. The summed E-state index contributed by atoms with van der Waals surface area (Å²) in [5.74, 6) is -0.111. The van der Waals surface area contributed by atoms with Crippen LogP contribution in [0.15, 0.2) is 18.2 Å². The molecule has 1 atom stereocenters. The number of hydrogen-bond acceptors (Lipinski definition) is 5. The van der Waals surface area contributed by atoms with Crippen LogP contribution in [0.5, 0.6) is 0 Å². The number of nitrogens with one attached hydrogen (secondary N) is 1. The fourth-order valence-corrected chi connectivity index (χ4v) is 1.32. The molecule has 5 nitrogen and oxygen atoms in total. The van der Waals surface area contributed by atoms with Gasteiger partial charge in [0, 0.05) is 23.5 Å². The number of aliphatic hydroxyl groups excluding tert-OH is 1. The molecule has 1 aromatic carbocycles. The Morgan fingerprint density at radius 2 is 2.18 bits per heavy atom. The lowest BCUT2D eigenvalue weighted by atomic mass is 10.1. The van der Waals surface area contributed by atoms with Crippen LogP contribution in [0.1, 0.15) is 24.2 Å². The Labute approximate surface area is 100 Å². The molecule has 17 heavy (non-hydrogen) atoms. The van der Waals surface area contributed by atoms with Gasteiger partial charge in [0.25, 0.3) is 0 Å². The molecule has 0 aliphatic heterocycles. The molecule has 5 heteroatoms. The van der Waals surface area contributed by atoms with E-state index in [4.69, 9.17) is 10.8 Å². The summed E-state index contributed by atoms with van der Waals surface area (Å²) < 4.78 is 0. The van der Waals surface area contributed by atoms with Gasteiger partial charge in [-0.25, -0.2) is 0 Å². The summed E-state index contributed by atoms with van der Waals surface area (Å²) >= 11 is 0. The summed E-state index contributed by atoms with van der Waals surface area (Å²) in [6, 6.07) is 4.98. The number of anilines is 2. The number of rotatable bonds is 5. The quantitative estimate of drug-likeness (QED) is 0.445. The van der Waals surface area contributed by atoms with Crippen molar-refractivity contribution in [1.29, 1.82) is 0 Å². The van der Waals surface area contributed by atoms with Crippen molar-refractivity contribution in [2.75, 3.05) is 24.2 Å². The van der Waals surface area contributed by atoms with Crippen molar-refractivity contribution in [1.82, 2.24) is 0 Å². The zero-order chi connectivity index (χ0) is 13.1. The van der Waals surface area contributed by atoms with Gasteiger partial charge >= 0.3 is 0 Å². The third-order valence-corrected chi connectivity index (χ3v) is 2.45. The molecule has 0 fully saturated rings. The lowest BCUT2D eigenvalue weighted by molar-refractivity contribution is 0.0132. The molecule has 94 valence electrons. The van der Waals surface area contributed by atoms with Gasteiger partial charge in [0.2, 0.25) is 0 Å². The van der Waals surface area contributed by atoms with E-state index in [-0.39, 0.29) is 18.9 Å². The Morgan fingerprint density at radius 3 is 2.71 bits per heavy atom. The molecule has 0 spiro atoms. The smallest absolute Gasteiger partial charge is 0.161 e. The van der Waals surface area contributed by atoms with Gasteiger partial charge in [-0.15, -0.1) is 0 Å². The summed E-state index contributed by atoms with van der Waals surface area (Å²) in [5, 5.41) is 21.4. The van der Waals surface area contributed by atoms with E-state index in [1.165, 1.54) is 13.8 Å². The average Bonchev–Trinajstić information content (AvgIpc) is 2.27. The van der Waals surface area contributed by atoms with Gasteiger partial charge in [0.15, 0.2) is 5.78 Å². The van der Waals surface area contributed by atoms with E-state index in [1.54, 1.807) is 18.2 Å². The van der Waals surface area contributed by atoms with Gasteiger partial charge in [-0.2, -0.15) is 0 Å². The standard InChI is InChI=1S/C12H18N2O3/c1-8(16)10-5-9(3-4-11(10)13)14-6-12(2,17)7-15/h3-5,14-15,17H,6-7,13H2,1-2H3. The summed E-state index contributed by atoms with van der Waals surface area (Å²) in [6.07, 6.45) is 0. The number of nitrogens with two attached hydrogens (primary N) is 1. The van der Waals surface area contributed by atoms with Gasteiger partial charge in [0.1, 0.15) is 5.60 Å². The first-order chi connectivity index (χ1) is 7.85. The summed E-state index contributed by atoms with van der Waals surface area (Å²) in [7, 11) is 0. The Hall–Kier alpha value is -1.59. The molecular weight excluding hydrogens is 220 g/mol. The van der Waals surface area contributed by atoms with Crippen molar-refractivity contribution in [3.63, 3.8) is 0 Å². The lowest BCUT2D eigenvalue weighted by Crippen LogP contribution is -2.37. The van der Waals surface area contributed by atoms with Crippen LogP contribution in [-0.4, -0.2) is 34.7 Å². The van der Waals surface area contributed by atoms with E-state index in [0.29, 0.717) is 16.9 Å². The average molecular weight is 238 g/mol. The molecule has 0 radical (unpaired) electrons. The molecule has 0 aliphatic rings. The monoisotopic (exact) mass is 238 g/mol. The van der Waals surface area contributed by atoms with Crippen LogP contribution in [0, 0.1) is 0 Å². The minimum absolute atomic E-state index is 0.111. The van der Waals surface area contributed by atoms with Crippen molar-refractivity contribution >= 4 is 17.2 Å². The van der Waals surface area contributed by atoms with E-state index in [0.717, 1.165) is 0 Å². The number of aliphatic hydroxyl groups is 2. The van der Waals surface area contributed by atoms with Crippen LogP contribution in [0.25, 0.3) is 0 Å². The van der Waals surface area contributed by atoms with Crippen molar-refractivity contribution in [2.24, 2.45) is 0 Å². The first kappa shape index (κ1) is 13.5. The van der Waals surface area contributed by atoms with E-state index < -0.39 is 5.60 Å². The summed E-state index contributed by atoms with van der Waals surface area (Å²) in [4.78, 5) is 11.3. The minimum Gasteiger partial charge on any atom is -0.398 e. The number of benzene rings is 1. The van der Waals surface area contributed by atoms with Crippen LogP contribution >= 0.6 is 0 Å². The second-order valence-corrected chi connectivity index (χ2v) is 4.37. The van der Waals surface area contributed by atoms with Crippen LogP contribution < -0.4 is 11.1 Å². The molecule has 5 N–H and O–H groups in total. The van der Waals surface area contributed by atoms with Crippen LogP contribution in [0.4, 0.5) is 11.4 Å². The molecule has 1 unspecified atom stereocenters. The fraction of sp³-hybridized carbons (Fsp3) is 0.417. The van der Waals surface area contributed by atoms with Crippen molar-refractivity contribution in [2.45, 2.75) is 19.4 Å². The maximum Gasteiger partial charge on any atom is 0.161 e. The second kappa shape index (κ2) is 5.16. The summed E-state index contributed by atoms with van der Waals surface area (Å²) in [6.45, 7) is 2.81. The number of nitrogen functional groups attached to an aromatic ring is 1. The number of ketones is 1. The maximum atomic E-state index is 11.3. The first-order valence-electron chi connectivity index (χ1n) is 5.33. The predicted octanol–water partition coefficient (Wildman–Crippen LogP) is 0.627. The Bertz CT molecular complexity index is 416. The highest BCUT2D eigenvalue weighted by Crippen LogP contribution is 2.19. The predicted molar refractivity (Wildman–Crippen MR) is 67.1 cm³/mol. The van der Waals surface area contributed by atoms with E-state index >= 15 is 0 Å². The Morgan fingerprint density at radius 1 is 1.53 bits per heavy atom. The van der Waals surface area contributed by atoms with E-state index in [9.17, 15) is 9.90 Å². The first-order valence-corrected chi connectivity index (χ1v) is 5.33. The van der Waals surface area contributed by atoms with Crippen LogP contribution in [-0.2, 0) is 0 Å². The molecule has 0 amide bonds. The molecule has 0 aliphatic carbocycles. The number of carbonyl (C=O) groups excluding carboxylic acids is 1. The van der Waals surface area contributed by atoms with Gasteiger partial charge < -0.3 is 21.3 Å². The molecule has 1 rings (SSSR count). The summed E-state index contributed by atoms with van der Waals surface area (Å²) in [5.41, 5.74) is 6.01. The zero-order valence-electron chi connectivity index (χ0n) is 10.0. The number of Topliss-reactive ketones (excluding diaryl/α,β-unsaturated/α-hetero) is 1. The third-order valence-electron chi connectivity index (χ3n) is 2.45. The highest BCUT2D eigenvalue weighted by molar-refractivity contribution is 5.99. The van der Waals surface area contributed by atoms with Gasteiger partial charge in [-0.05, 0) is 32.0 Å². The molecule has 0 bridgehead atoms. The Balaban J connectivity index is 2.80. The highest BCUT2D eigenvalue weighted by Gasteiger charge is 2.18. The largest absolute Gasteiger partial charge is 0.398 e. The van der Waals surface area contributed by atoms with E-state index in [2.05, 4.69) is 5.32 Å². The molecule has 0 aromatic heterocycles. The molecule has 1 aromatic rings. The lowest BCUT2D eigenvalue weighted by Gasteiger charge is -2.21. The minimum atomic E-state index is -1.20. The third kappa shape index (κ3) is 3.72. The molecule has 0 saturated heterocycles. The zero-order valence-corrected chi connectivity index (χ0v) is 10.0. The van der Waals surface area contributed by atoms with Gasteiger partial charge in [-0.3, -0.25) is 4.79 Å². The Kier molecular flexibility index (Phi) is 4.09.